The molecule has 0 unspecified atom stereocenters. The number of hydrazone groups is 1. The van der Waals surface area contributed by atoms with Crippen LogP contribution in [0.4, 0.5) is 0 Å². The first-order chi connectivity index (χ1) is 9.34. The van der Waals surface area contributed by atoms with E-state index in [1.54, 1.807) is 17.4 Å². The number of hydrogen-bond donors (Lipinski definition) is 0. The SMILES string of the molecule is O=C1CC(c2cccnc2)=NN1C1CCCCCC1. The standard InChI is InChI=1S/C15H19N3O/c19-15-10-14(12-6-5-9-16-11-12)17-18(15)13-7-3-1-2-4-8-13/h5-6,9,11,13H,1-4,7-8,10H2. The number of amides is 1. The summed E-state index contributed by atoms with van der Waals surface area (Å²) in [5.41, 5.74) is 1.83. The number of rotatable bonds is 2. The average Bonchev–Trinajstić information content (AvgIpc) is 2.66. The fraction of sp³-hybridized carbons (Fsp3) is 0.533. The number of carbonyl (C=O) groups excluding carboxylic acids is 1. The van der Waals surface area contributed by atoms with Gasteiger partial charge in [0, 0.05) is 18.0 Å². The predicted molar refractivity (Wildman–Crippen MR) is 73.7 cm³/mol. The van der Waals surface area contributed by atoms with Gasteiger partial charge in [-0.1, -0.05) is 25.7 Å². The highest BCUT2D eigenvalue weighted by Gasteiger charge is 2.31. The summed E-state index contributed by atoms with van der Waals surface area (Å²) in [5.74, 6) is 0.144. The van der Waals surface area contributed by atoms with E-state index in [-0.39, 0.29) is 5.91 Å². The van der Waals surface area contributed by atoms with E-state index in [2.05, 4.69) is 10.1 Å². The van der Waals surface area contributed by atoms with Gasteiger partial charge in [0.2, 0.25) is 5.91 Å². The Kier molecular flexibility index (Phi) is 3.58. The lowest BCUT2D eigenvalue weighted by Gasteiger charge is -2.22. The van der Waals surface area contributed by atoms with Crippen LogP contribution in [0.25, 0.3) is 0 Å². The van der Waals surface area contributed by atoms with Crippen LogP contribution in [-0.4, -0.2) is 27.7 Å². The Morgan fingerprint density at radius 3 is 2.63 bits per heavy atom. The molecule has 4 heteroatoms. The molecule has 1 aliphatic heterocycles. The average molecular weight is 257 g/mol. The molecule has 0 aromatic carbocycles. The molecule has 100 valence electrons. The fourth-order valence-electron chi connectivity index (χ4n) is 2.93. The lowest BCUT2D eigenvalue weighted by atomic mass is 10.1. The smallest absolute Gasteiger partial charge is 0.249 e. The van der Waals surface area contributed by atoms with Crippen LogP contribution in [-0.2, 0) is 4.79 Å². The largest absolute Gasteiger partial charge is 0.273 e. The predicted octanol–water partition coefficient (Wildman–Crippen LogP) is 2.74. The van der Waals surface area contributed by atoms with Crippen LogP contribution in [0, 0.1) is 0 Å². The van der Waals surface area contributed by atoms with E-state index in [9.17, 15) is 4.79 Å². The van der Waals surface area contributed by atoms with E-state index in [0.717, 1.165) is 24.1 Å². The molecule has 2 heterocycles. The molecule has 2 aliphatic rings. The molecule has 1 aromatic rings. The maximum Gasteiger partial charge on any atom is 0.249 e. The molecule has 1 saturated carbocycles. The second-order valence-electron chi connectivity index (χ2n) is 5.35. The van der Waals surface area contributed by atoms with Crippen LogP contribution in [0.15, 0.2) is 29.6 Å². The molecule has 0 spiro atoms. The Balaban J connectivity index is 1.79. The number of pyridine rings is 1. The Hall–Kier alpha value is -1.71. The van der Waals surface area contributed by atoms with Gasteiger partial charge in [-0.2, -0.15) is 5.10 Å². The van der Waals surface area contributed by atoms with Gasteiger partial charge in [-0.3, -0.25) is 9.78 Å². The van der Waals surface area contributed by atoms with E-state index < -0.39 is 0 Å². The van der Waals surface area contributed by atoms with E-state index in [1.165, 1.54) is 25.7 Å². The van der Waals surface area contributed by atoms with Crippen molar-refractivity contribution in [2.24, 2.45) is 5.10 Å². The molecule has 3 rings (SSSR count). The molecular weight excluding hydrogens is 238 g/mol. The second-order valence-corrected chi connectivity index (χ2v) is 5.35. The Bertz CT molecular complexity index is 475. The van der Waals surface area contributed by atoms with Crippen molar-refractivity contribution >= 4 is 11.6 Å². The minimum absolute atomic E-state index is 0.144. The fourth-order valence-corrected chi connectivity index (χ4v) is 2.93. The molecule has 1 amide bonds. The normalized spacial score (nSPS) is 21.4. The van der Waals surface area contributed by atoms with Crippen molar-refractivity contribution in [3.63, 3.8) is 0 Å². The zero-order chi connectivity index (χ0) is 13.1. The molecule has 19 heavy (non-hydrogen) atoms. The van der Waals surface area contributed by atoms with Crippen LogP contribution in [0.2, 0.25) is 0 Å². The molecule has 0 saturated heterocycles. The van der Waals surface area contributed by atoms with E-state index in [4.69, 9.17) is 0 Å². The summed E-state index contributed by atoms with van der Waals surface area (Å²) >= 11 is 0. The van der Waals surface area contributed by atoms with Crippen molar-refractivity contribution in [3.05, 3.63) is 30.1 Å². The lowest BCUT2D eigenvalue weighted by Crippen LogP contribution is -2.32. The molecule has 0 bridgehead atoms. The summed E-state index contributed by atoms with van der Waals surface area (Å²) in [6.07, 6.45) is 11.1. The highest BCUT2D eigenvalue weighted by molar-refractivity contribution is 6.13. The van der Waals surface area contributed by atoms with E-state index >= 15 is 0 Å². The lowest BCUT2D eigenvalue weighted by molar-refractivity contribution is -0.131. The van der Waals surface area contributed by atoms with Crippen molar-refractivity contribution in [2.45, 2.75) is 51.0 Å². The molecule has 1 aliphatic carbocycles. The topological polar surface area (TPSA) is 45.6 Å². The van der Waals surface area contributed by atoms with Gasteiger partial charge in [0.05, 0.1) is 18.2 Å². The molecule has 4 nitrogen and oxygen atoms in total. The van der Waals surface area contributed by atoms with Crippen LogP contribution in [0.3, 0.4) is 0 Å². The Labute approximate surface area is 113 Å². The van der Waals surface area contributed by atoms with Gasteiger partial charge < -0.3 is 0 Å². The van der Waals surface area contributed by atoms with Gasteiger partial charge in [0.25, 0.3) is 0 Å². The molecule has 0 atom stereocenters. The number of hydrogen-bond acceptors (Lipinski definition) is 3. The van der Waals surface area contributed by atoms with Crippen molar-refractivity contribution in [3.8, 4) is 0 Å². The second kappa shape index (κ2) is 5.51. The molecule has 1 fully saturated rings. The highest BCUT2D eigenvalue weighted by Crippen LogP contribution is 2.26. The van der Waals surface area contributed by atoms with Crippen molar-refractivity contribution in [1.29, 1.82) is 0 Å². The summed E-state index contributed by atoms with van der Waals surface area (Å²) in [7, 11) is 0. The summed E-state index contributed by atoms with van der Waals surface area (Å²) < 4.78 is 0. The van der Waals surface area contributed by atoms with Gasteiger partial charge >= 0.3 is 0 Å². The van der Waals surface area contributed by atoms with Gasteiger partial charge in [0.1, 0.15) is 0 Å². The third-order valence-corrected chi connectivity index (χ3v) is 3.97. The molecule has 1 aromatic heterocycles. The van der Waals surface area contributed by atoms with Gasteiger partial charge in [-0.15, -0.1) is 0 Å². The minimum Gasteiger partial charge on any atom is -0.273 e. The number of aromatic nitrogens is 1. The van der Waals surface area contributed by atoms with Crippen molar-refractivity contribution in [1.82, 2.24) is 9.99 Å². The zero-order valence-electron chi connectivity index (χ0n) is 11.1. The third kappa shape index (κ3) is 2.67. The summed E-state index contributed by atoms with van der Waals surface area (Å²) in [5, 5.41) is 6.31. The van der Waals surface area contributed by atoms with Crippen LogP contribution < -0.4 is 0 Å². The highest BCUT2D eigenvalue weighted by atomic mass is 16.2. The zero-order valence-corrected chi connectivity index (χ0v) is 11.1. The first-order valence-electron chi connectivity index (χ1n) is 7.14. The van der Waals surface area contributed by atoms with E-state index in [1.807, 2.05) is 12.1 Å². The molecular formula is C15H19N3O. The van der Waals surface area contributed by atoms with Crippen LogP contribution >= 0.6 is 0 Å². The quantitative estimate of drug-likeness (QED) is 0.765. The maximum atomic E-state index is 12.2. The Morgan fingerprint density at radius 1 is 1.16 bits per heavy atom. The van der Waals surface area contributed by atoms with Gasteiger partial charge in [-0.05, 0) is 25.0 Å². The number of carbonyl (C=O) groups is 1. The van der Waals surface area contributed by atoms with E-state index in [0.29, 0.717) is 12.5 Å². The molecule has 0 N–H and O–H groups in total. The number of nitrogens with zero attached hydrogens (tertiary/aromatic N) is 3. The first kappa shape index (κ1) is 12.3. The van der Waals surface area contributed by atoms with Crippen LogP contribution in [0.5, 0.6) is 0 Å². The van der Waals surface area contributed by atoms with Crippen molar-refractivity contribution < 1.29 is 4.79 Å². The summed E-state index contributed by atoms with van der Waals surface area (Å²) in [6, 6.07) is 4.16. The van der Waals surface area contributed by atoms with Gasteiger partial charge in [0.15, 0.2) is 0 Å². The first-order valence-corrected chi connectivity index (χ1v) is 7.14. The monoisotopic (exact) mass is 257 g/mol. The van der Waals surface area contributed by atoms with Gasteiger partial charge in [-0.25, -0.2) is 5.01 Å². The van der Waals surface area contributed by atoms with Crippen molar-refractivity contribution in [2.75, 3.05) is 0 Å². The maximum absolute atomic E-state index is 12.2. The van der Waals surface area contributed by atoms with Crippen LogP contribution in [0.1, 0.15) is 50.5 Å². The molecule has 0 radical (unpaired) electrons. The Morgan fingerprint density at radius 2 is 1.95 bits per heavy atom. The minimum atomic E-state index is 0.144. The summed E-state index contributed by atoms with van der Waals surface area (Å²) in [6.45, 7) is 0. The summed E-state index contributed by atoms with van der Waals surface area (Å²) in [4.78, 5) is 16.3. The third-order valence-electron chi connectivity index (χ3n) is 3.97.